The van der Waals surface area contributed by atoms with Gasteiger partial charge in [-0.2, -0.15) is 0 Å². The lowest BCUT2D eigenvalue weighted by atomic mass is 9.97. The summed E-state index contributed by atoms with van der Waals surface area (Å²) in [4.78, 5) is 13.2. The Morgan fingerprint density at radius 1 is 0.474 bits per heavy atom. The van der Waals surface area contributed by atoms with Gasteiger partial charge in [0.25, 0.3) is 0 Å². The normalized spacial score (nSPS) is 25.1. The average Bonchev–Trinajstić information content (AvgIpc) is 3.48. The topological polar surface area (TPSA) is 228 Å². The molecule has 14 heteroatoms. The molecule has 452 valence electrons. The molecule has 2 aliphatic heterocycles. The zero-order valence-corrected chi connectivity index (χ0v) is 48.6. The van der Waals surface area contributed by atoms with Crippen molar-refractivity contribution in [1.82, 2.24) is 5.32 Å². The highest BCUT2D eigenvalue weighted by atomic mass is 16.7. The lowest BCUT2D eigenvalue weighted by Gasteiger charge is -2.46. The summed E-state index contributed by atoms with van der Waals surface area (Å²) < 4.78 is 22.7. The Bertz CT molecular complexity index is 1580. The van der Waals surface area contributed by atoms with Crippen molar-refractivity contribution in [3.8, 4) is 0 Å². The second-order valence-corrected chi connectivity index (χ2v) is 21.8. The van der Waals surface area contributed by atoms with Crippen LogP contribution in [0.5, 0.6) is 0 Å². The first-order valence-corrected chi connectivity index (χ1v) is 31.2. The van der Waals surface area contributed by atoms with Crippen molar-refractivity contribution in [2.24, 2.45) is 0 Å². The molecule has 12 atom stereocenters. The minimum Gasteiger partial charge on any atom is -0.394 e. The van der Waals surface area contributed by atoms with Crippen molar-refractivity contribution in [2.75, 3.05) is 19.8 Å². The number of ether oxygens (including phenoxy) is 4. The highest BCUT2D eigenvalue weighted by Crippen LogP contribution is 2.30. The van der Waals surface area contributed by atoms with Crippen molar-refractivity contribution in [3.63, 3.8) is 0 Å². The molecule has 0 spiro atoms. The van der Waals surface area contributed by atoms with Crippen molar-refractivity contribution in [2.45, 2.75) is 306 Å². The molecule has 2 aliphatic rings. The van der Waals surface area contributed by atoms with Crippen LogP contribution in [0.15, 0.2) is 72.9 Å². The van der Waals surface area contributed by atoms with E-state index in [-0.39, 0.29) is 18.9 Å². The Kier molecular flexibility index (Phi) is 45.0. The average molecular weight is 1100 g/mol. The van der Waals surface area contributed by atoms with Gasteiger partial charge in [-0.3, -0.25) is 4.79 Å². The number of carbonyl (C=O) groups is 1. The summed E-state index contributed by atoms with van der Waals surface area (Å²) in [7, 11) is 0. The van der Waals surface area contributed by atoms with Gasteiger partial charge in [0.2, 0.25) is 5.91 Å². The molecule has 0 aromatic rings. The molecule has 0 saturated carbocycles. The largest absolute Gasteiger partial charge is 0.394 e. The van der Waals surface area contributed by atoms with Gasteiger partial charge >= 0.3 is 0 Å². The standard InChI is InChI=1S/C64H113NO13/c1-3-5-7-9-11-13-15-17-19-20-21-22-23-24-25-26-27-28-29-30-31-32-34-35-37-39-41-43-45-47-53(68)52(65-56(69)48-46-44-42-40-38-36-33-18-16-14-12-10-8-6-4-2)51-75-63-61(74)59(72)62(55(50-67)77-63)78-64-60(73)58(71)57(70)54(49-66)76-64/h6,8,12,14,18,31-33,37,39,45,47,52-55,57-64,66-68,70-74H,3-5,7,9-11,13,15-17,19-30,34-36,38,40-44,46,48-51H2,1-2H3,(H,65,69)/b8-6-,14-12-,32-31+,33-18-,39-37+,47-45+. The summed E-state index contributed by atoms with van der Waals surface area (Å²) in [6, 6.07) is -0.951. The molecule has 2 fully saturated rings. The van der Waals surface area contributed by atoms with Crippen molar-refractivity contribution in [3.05, 3.63) is 72.9 Å². The Labute approximate surface area is 472 Å². The molecule has 12 unspecified atom stereocenters. The number of amides is 1. The Balaban J connectivity index is 1.74. The van der Waals surface area contributed by atoms with E-state index in [1.54, 1.807) is 6.08 Å². The molecular formula is C64H113NO13. The molecule has 14 nitrogen and oxygen atoms in total. The summed E-state index contributed by atoms with van der Waals surface area (Å²) in [5, 5.41) is 87.1. The van der Waals surface area contributed by atoms with Crippen LogP contribution in [-0.2, 0) is 23.7 Å². The highest BCUT2D eigenvalue weighted by Gasteiger charge is 2.51. The van der Waals surface area contributed by atoms with Gasteiger partial charge in [-0.15, -0.1) is 0 Å². The monoisotopic (exact) mass is 1100 g/mol. The molecule has 78 heavy (non-hydrogen) atoms. The molecular weight excluding hydrogens is 991 g/mol. The van der Waals surface area contributed by atoms with Gasteiger partial charge in [-0.05, 0) is 77.0 Å². The molecule has 1 amide bonds. The van der Waals surface area contributed by atoms with Crippen LogP contribution in [0, 0.1) is 0 Å². The highest BCUT2D eigenvalue weighted by molar-refractivity contribution is 5.76. The number of carbonyl (C=O) groups excluding carboxylic acids is 1. The predicted octanol–water partition coefficient (Wildman–Crippen LogP) is 11.1. The van der Waals surface area contributed by atoms with E-state index in [1.807, 2.05) is 6.08 Å². The quantitative estimate of drug-likeness (QED) is 0.0204. The third-order valence-corrected chi connectivity index (χ3v) is 14.9. The second kappa shape index (κ2) is 49.1. The van der Waals surface area contributed by atoms with Gasteiger partial charge in [-0.1, -0.05) is 222 Å². The summed E-state index contributed by atoms with van der Waals surface area (Å²) >= 11 is 0. The van der Waals surface area contributed by atoms with Gasteiger partial charge in [0, 0.05) is 6.42 Å². The van der Waals surface area contributed by atoms with E-state index in [0.717, 1.165) is 77.0 Å². The van der Waals surface area contributed by atoms with Crippen LogP contribution in [0.1, 0.15) is 232 Å². The third-order valence-electron chi connectivity index (χ3n) is 14.9. The number of rotatable bonds is 49. The first kappa shape index (κ1) is 71.5. The number of aliphatic hydroxyl groups is 8. The van der Waals surface area contributed by atoms with E-state index in [2.05, 4.69) is 79.9 Å². The molecule has 0 aromatic carbocycles. The fraction of sp³-hybridized carbons (Fsp3) is 0.797. The molecule has 0 aliphatic carbocycles. The zero-order chi connectivity index (χ0) is 56.7. The Morgan fingerprint density at radius 2 is 0.897 bits per heavy atom. The van der Waals surface area contributed by atoms with E-state index in [9.17, 15) is 45.6 Å². The predicted molar refractivity (Wildman–Crippen MR) is 313 cm³/mol. The van der Waals surface area contributed by atoms with Crippen LogP contribution in [0.2, 0.25) is 0 Å². The van der Waals surface area contributed by atoms with Crippen LogP contribution in [0.25, 0.3) is 0 Å². The summed E-state index contributed by atoms with van der Waals surface area (Å²) in [5.41, 5.74) is 0. The summed E-state index contributed by atoms with van der Waals surface area (Å²) in [6.45, 7) is 2.65. The smallest absolute Gasteiger partial charge is 0.220 e. The maximum atomic E-state index is 13.2. The number of unbranched alkanes of at least 4 members (excludes halogenated alkanes) is 26. The minimum absolute atomic E-state index is 0.247. The van der Waals surface area contributed by atoms with E-state index in [4.69, 9.17) is 18.9 Å². The van der Waals surface area contributed by atoms with Crippen molar-refractivity contribution < 1.29 is 64.6 Å². The molecule has 2 rings (SSSR count). The van der Waals surface area contributed by atoms with E-state index in [0.29, 0.717) is 12.8 Å². The minimum atomic E-state index is -1.80. The van der Waals surface area contributed by atoms with Crippen LogP contribution < -0.4 is 5.32 Å². The van der Waals surface area contributed by atoms with Crippen LogP contribution in [-0.4, -0.2) is 140 Å². The zero-order valence-electron chi connectivity index (χ0n) is 48.6. The maximum absolute atomic E-state index is 13.2. The maximum Gasteiger partial charge on any atom is 0.220 e. The lowest BCUT2D eigenvalue weighted by Crippen LogP contribution is -2.65. The number of allylic oxidation sites excluding steroid dienone is 11. The fourth-order valence-corrected chi connectivity index (χ4v) is 9.87. The molecule has 2 saturated heterocycles. The Hall–Kier alpha value is -2.57. The van der Waals surface area contributed by atoms with Crippen LogP contribution >= 0.6 is 0 Å². The molecule has 0 aromatic heterocycles. The van der Waals surface area contributed by atoms with Crippen molar-refractivity contribution >= 4 is 5.91 Å². The summed E-state index contributed by atoms with van der Waals surface area (Å²) in [6.07, 6.45) is 48.2. The third kappa shape index (κ3) is 34.0. The number of aliphatic hydroxyl groups excluding tert-OH is 8. The lowest BCUT2D eigenvalue weighted by molar-refractivity contribution is -0.359. The van der Waals surface area contributed by atoms with Crippen molar-refractivity contribution in [1.29, 1.82) is 0 Å². The van der Waals surface area contributed by atoms with Crippen LogP contribution in [0.3, 0.4) is 0 Å². The second-order valence-electron chi connectivity index (χ2n) is 21.8. The van der Waals surface area contributed by atoms with Gasteiger partial charge < -0.3 is 65.1 Å². The van der Waals surface area contributed by atoms with E-state index < -0.39 is 86.8 Å². The Morgan fingerprint density at radius 3 is 1.41 bits per heavy atom. The van der Waals surface area contributed by atoms with Gasteiger partial charge in [-0.25, -0.2) is 0 Å². The van der Waals surface area contributed by atoms with Gasteiger partial charge in [0.05, 0.1) is 32.0 Å². The molecule has 0 bridgehead atoms. The molecule has 0 radical (unpaired) electrons. The molecule has 9 N–H and O–H groups in total. The fourth-order valence-electron chi connectivity index (χ4n) is 9.87. The SMILES string of the molecule is CC/C=C\C/C=C\C/C=C\CCCCCCCC(=O)NC(COC1OC(CO)C(OC2OC(CO)C(O)C(O)C2O)C(O)C1O)C(O)/C=C/CC/C=C/CC/C=C/CCCCCCCCCCCCCCCCCCCCC. The number of hydrogen-bond acceptors (Lipinski definition) is 13. The first-order valence-electron chi connectivity index (χ1n) is 31.2. The van der Waals surface area contributed by atoms with Gasteiger partial charge in [0.15, 0.2) is 12.6 Å². The summed E-state index contributed by atoms with van der Waals surface area (Å²) in [5.74, 6) is -0.272. The first-order chi connectivity index (χ1) is 38.1. The van der Waals surface area contributed by atoms with E-state index >= 15 is 0 Å². The van der Waals surface area contributed by atoms with Gasteiger partial charge in [0.1, 0.15) is 48.8 Å². The number of nitrogens with one attached hydrogen (secondary N) is 1. The number of hydrogen-bond donors (Lipinski definition) is 9. The van der Waals surface area contributed by atoms with Crippen LogP contribution in [0.4, 0.5) is 0 Å². The van der Waals surface area contributed by atoms with E-state index in [1.165, 1.54) is 122 Å². The molecule has 2 heterocycles.